The van der Waals surface area contributed by atoms with Crippen molar-refractivity contribution in [2.24, 2.45) is 0 Å². The van der Waals surface area contributed by atoms with E-state index in [1.54, 1.807) is 36.4 Å². The fourth-order valence-electron chi connectivity index (χ4n) is 2.80. The number of rotatable bonds is 8. The number of carbonyl (C=O) groups is 1. The molecule has 0 aliphatic heterocycles. The molecule has 9 heteroatoms. The van der Waals surface area contributed by atoms with Gasteiger partial charge in [-0.15, -0.1) is 0 Å². The summed E-state index contributed by atoms with van der Waals surface area (Å²) >= 11 is 5.98. The van der Waals surface area contributed by atoms with Crippen LogP contribution in [0.15, 0.2) is 72.8 Å². The minimum absolute atomic E-state index is 0.330. The Balaban J connectivity index is 1.76. The Morgan fingerprint density at radius 2 is 1.65 bits per heavy atom. The minimum atomic E-state index is -3.73. The third-order valence-corrected chi connectivity index (χ3v) is 5.60. The van der Waals surface area contributed by atoms with Gasteiger partial charge in [0.25, 0.3) is 0 Å². The number of benzene rings is 3. The van der Waals surface area contributed by atoms with Gasteiger partial charge < -0.3 is 14.8 Å². The molecule has 0 unspecified atom stereocenters. The topological polar surface area (TPSA) is 84.9 Å². The first-order valence-electron chi connectivity index (χ1n) is 9.20. The molecule has 7 nitrogen and oxygen atoms in total. The van der Waals surface area contributed by atoms with Crippen LogP contribution in [0, 0.1) is 0 Å². The number of nitrogens with zero attached hydrogens (tertiary/aromatic N) is 1. The van der Waals surface area contributed by atoms with Crippen molar-refractivity contribution in [1.29, 1.82) is 0 Å². The van der Waals surface area contributed by atoms with Gasteiger partial charge in [-0.25, -0.2) is 8.42 Å². The zero-order chi connectivity index (χ0) is 22.4. The van der Waals surface area contributed by atoms with Gasteiger partial charge in [0.05, 0.1) is 24.7 Å². The number of para-hydroxylation sites is 1. The highest BCUT2D eigenvalue weighted by molar-refractivity contribution is 7.92. The maximum Gasteiger partial charge on any atom is 0.245 e. The van der Waals surface area contributed by atoms with Crippen LogP contribution in [0.25, 0.3) is 0 Å². The molecular weight excluding hydrogens is 440 g/mol. The maximum absolute atomic E-state index is 12.6. The zero-order valence-electron chi connectivity index (χ0n) is 16.9. The van der Waals surface area contributed by atoms with Crippen molar-refractivity contribution >= 4 is 38.9 Å². The molecule has 0 spiro atoms. The SMILES string of the molecule is COc1ccc(Cl)cc1NC(=O)CN(c1ccc(Oc2ccccc2)cc1)S(C)(=O)=O. The molecule has 1 N–H and O–H groups in total. The minimum Gasteiger partial charge on any atom is -0.495 e. The van der Waals surface area contributed by atoms with Gasteiger partial charge >= 0.3 is 0 Å². The summed E-state index contributed by atoms with van der Waals surface area (Å²) in [4.78, 5) is 12.6. The Morgan fingerprint density at radius 3 is 2.26 bits per heavy atom. The molecule has 31 heavy (non-hydrogen) atoms. The van der Waals surface area contributed by atoms with Crippen LogP contribution >= 0.6 is 11.6 Å². The van der Waals surface area contributed by atoms with Crippen molar-refractivity contribution < 1.29 is 22.7 Å². The Morgan fingerprint density at radius 1 is 1.00 bits per heavy atom. The van der Waals surface area contributed by atoms with Crippen LogP contribution in [-0.2, 0) is 14.8 Å². The van der Waals surface area contributed by atoms with Crippen LogP contribution < -0.4 is 19.1 Å². The highest BCUT2D eigenvalue weighted by Gasteiger charge is 2.21. The molecule has 3 aromatic carbocycles. The maximum atomic E-state index is 12.6. The standard InChI is InChI=1S/C22H21ClN2O5S/c1-29-21-13-8-16(23)14-20(21)24-22(26)15-25(31(2,27)28)17-9-11-19(12-10-17)30-18-6-4-3-5-7-18/h3-14H,15H2,1-2H3,(H,24,26). The van der Waals surface area contributed by atoms with Crippen molar-refractivity contribution in [2.45, 2.75) is 0 Å². The molecule has 0 bridgehead atoms. The predicted octanol–water partition coefficient (Wildman–Crippen LogP) is 4.55. The van der Waals surface area contributed by atoms with Crippen LogP contribution in [0.5, 0.6) is 17.2 Å². The zero-order valence-corrected chi connectivity index (χ0v) is 18.5. The Hall–Kier alpha value is -3.23. The van der Waals surface area contributed by atoms with E-state index in [2.05, 4.69) is 5.32 Å². The van der Waals surface area contributed by atoms with Gasteiger partial charge in [-0.05, 0) is 54.6 Å². The van der Waals surface area contributed by atoms with E-state index in [0.717, 1.165) is 10.6 Å². The lowest BCUT2D eigenvalue weighted by Gasteiger charge is -2.22. The number of amides is 1. The molecule has 3 rings (SSSR count). The first-order chi connectivity index (χ1) is 14.8. The molecule has 1 amide bonds. The Kier molecular flexibility index (Phi) is 7.04. The average molecular weight is 461 g/mol. The molecule has 0 saturated heterocycles. The second-order valence-electron chi connectivity index (χ2n) is 6.57. The third-order valence-electron chi connectivity index (χ3n) is 4.23. The van der Waals surface area contributed by atoms with Crippen molar-refractivity contribution in [3.05, 3.63) is 77.8 Å². The second kappa shape index (κ2) is 9.72. The average Bonchev–Trinajstić information content (AvgIpc) is 2.73. The number of halogens is 1. The number of anilines is 2. The van der Waals surface area contributed by atoms with E-state index >= 15 is 0 Å². The summed E-state index contributed by atoms with van der Waals surface area (Å²) in [6, 6.07) is 20.4. The van der Waals surface area contributed by atoms with Crippen LogP contribution in [0.1, 0.15) is 0 Å². The number of sulfonamides is 1. The molecule has 162 valence electrons. The van der Waals surface area contributed by atoms with E-state index in [9.17, 15) is 13.2 Å². The summed E-state index contributed by atoms with van der Waals surface area (Å²) in [6.45, 7) is -0.423. The van der Waals surface area contributed by atoms with Gasteiger partial charge in [0.15, 0.2) is 0 Å². The van der Waals surface area contributed by atoms with Crippen molar-refractivity contribution in [3.63, 3.8) is 0 Å². The van der Waals surface area contributed by atoms with E-state index in [4.69, 9.17) is 21.1 Å². The summed E-state index contributed by atoms with van der Waals surface area (Å²) in [7, 11) is -2.27. The van der Waals surface area contributed by atoms with Crippen molar-refractivity contribution in [3.8, 4) is 17.2 Å². The molecule has 0 aliphatic rings. The Bertz CT molecular complexity index is 1150. The van der Waals surface area contributed by atoms with Gasteiger partial charge in [-0.2, -0.15) is 0 Å². The van der Waals surface area contributed by atoms with Crippen molar-refractivity contribution in [1.82, 2.24) is 0 Å². The molecule has 0 heterocycles. The lowest BCUT2D eigenvalue weighted by Crippen LogP contribution is -2.37. The van der Waals surface area contributed by atoms with Gasteiger partial charge in [0, 0.05) is 5.02 Å². The highest BCUT2D eigenvalue weighted by atomic mass is 35.5. The fraction of sp³-hybridized carbons (Fsp3) is 0.136. The van der Waals surface area contributed by atoms with E-state index in [-0.39, 0.29) is 0 Å². The molecule has 0 atom stereocenters. The van der Waals surface area contributed by atoms with Crippen LogP contribution in [-0.4, -0.2) is 34.2 Å². The predicted molar refractivity (Wildman–Crippen MR) is 122 cm³/mol. The van der Waals surface area contributed by atoms with Crippen LogP contribution in [0.2, 0.25) is 5.02 Å². The van der Waals surface area contributed by atoms with Crippen LogP contribution in [0.4, 0.5) is 11.4 Å². The monoisotopic (exact) mass is 460 g/mol. The fourth-order valence-corrected chi connectivity index (χ4v) is 3.83. The van der Waals surface area contributed by atoms with E-state index in [1.165, 1.54) is 13.2 Å². The van der Waals surface area contributed by atoms with Gasteiger partial charge in [0.1, 0.15) is 23.8 Å². The first kappa shape index (κ1) is 22.5. The molecule has 0 saturated carbocycles. The number of hydrogen-bond donors (Lipinski definition) is 1. The van der Waals surface area contributed by atoms with Gasteiger partial charge in [-0.1, -0.05) is 29.8 Å². The molecule has 0 radical (unpaired) electrons. The summed E-state index contributed by atoms with van der Waals surface area (Å²) in [5.41, 5.74) is 0.677. The summed E-state index contributed by atoms with van der Waals surface area (Å²) in [6.07, 6.45) is 1.04. The quantitative estimate of drug-likeness (QED) is 0.533. The van der Waals surface area contributed by atoms with Crippen molar-refractivity contribution in [2.75, 3.05) is 29.5 Å². The largest absolute Gasteiger partial charge is 0.495 e. The lowest BCUT2D eigenvalue weighted by molar-refractivity contribution is -0.114. The molecule has 0 aromatic heterocycles. The lowest BCUT2D eigenvalue weighted by atomic mass is 10.2. The van der Waals surface area contributed by atoms with E-state index in [0.29, 0.717) is 33.6 Å². The summed E-state index contributed by atoms with van der Waals surface area (Å²) < 4.78 is 36.6. The molecule has 0 fully saturated rings. The van der Waals surface area contributed by atoms with E-state index < -0.39 is 22.5 Å². The first-order valence-corrected chi connectivity index (χ1v) is 11.4. The van der Waals surface area contributed by atoms with Crippen LogP contribution in [0.3, 0.4) is 0 Å². The number of ether oxygens (including phenoxy) is 2. The van der Waals surface area contributed by atoms with E-state index in [1.807, 2.05) is 30.3 Å². The Labute approximate surface area is 186 Å². The number of nitrogens with one attached hydrogen (secondary N) is 1. The summed E-state index contributed by atoms with van der Waals surface area (Å²) in [5.74, 6) is 1.06. The normalized spacial score (nSPS) is 10.9. The third kappa shape index (κ3) is 6.13. The van der Waals surface area contributed by atoms with Gasteiger partial charge in [-0.3, -0.25) is 9.10 Å². The number of carbonyl (C=O) groups excluding carboxylic acids is 1. The summed E-state index contributed by atoms with van der Waals surface area (Å²) in [5, 5.41) is 3.05. The number of hydrogen-bond acceptors (Lipinski definition) is 5. The number of methoxy groups -OCH3 is 1. The molecule has 3 aromatic rings. The van der Waals surface area contributed by atoms with Gasteiger partial charge in [0.2, 0.25) is 15.9 Å². The molecular formula is C22H21ClN2O5S. The highest BCUT2D eigenvalue weighted by Crippen LogP contribution is 2.28. The second-order valence-corrected chi connectivity index (χ2v) is 8.91. The smallest absolute Gasteiger partial charge is 0.245 e. The molecule has 0 aliphatic carbocycles.